The average molecular weight is 481 g/mol. The molecule has 0 fully saturated rings. The van der Waals surface area contributed by atoms with E-state index in [1.165, 1.54) is 26.2 Å². The van der Waals surface area contributed by atoms with Gasteiger partial charge in [-0.25, -0.2) is 9.36 Å². The van der Waals surface area contributed by atoms with Crippen LogP contribution in [0.5, 0.6) is 0 Å². The molecular formula is C25H36N8O2. The monoisotopic (exact) mass is 480 g/mol. The Morgan fingerprint density at radius 3 is 2.34 bits per heavy atom. The van der Waals surface area contributed by atoms with E-state index in [1.807, 2.05) is 39.7 Å². The van der Waals surface area contributed by atoms with E-state index >= 15 is 0 Å². The zero-order valence-corrected chi connectivity index (χ0v) is 21.4. The summed E-state index contributed by atoms with van der Waals surface area (Å²) in [7, 11) is 0. The molecule has 0 N–H and O–H groups in total. The Morgan fingerprint density at radius 2 is 1.60 bits per heavy atom. The number of esters is 1. The van der Waals surface area contributed by atoms with Gasteiger partial charge in [-0.05, 0) is 79.8 Å². The number of aromatic nitrogens is 8. The fraction of sp³-hybridized carbons (Fsp3) is 0.640. The average Bonchev–Trinajstić information content (AvgIpc) is 3.45. The van der Waals surface area contributed by atoms with Crippen molar-refractivity contribution in [3.8, 4) is 0 Å². The van der Waals surface area contributed by atoms with E-state index in [9.17, 15) is 4.79 Å². The lowest BCUT2D eigenvalue weighted by molar-refractivity contribution is -0.148. The van der Waals surface area contributed by atoms with Gasteiger partial charge in [0.05, 0.1) is 17.0 Å². The molecule has 188 valence electrons. The molecule has 10 nitrogen and oxygen atoms in total. The second-order valence-electron chi connectivity index (χ2n) is 10.7. The summed E-state index contributed by atoms with van der Waals surface area (Å²) in [5.41, 5.74) is 0.947. The van der Waals surface area contributed by atoms with Gasteiger partial charge in [0, 0.05) is 13.3 Å². The van der Waals surface area contributed by atoms with Crippen LogP contribution in [0.2, 0.25) is 0 Å². The molecule has 5 rings (SSSR count). The topological polar surface area (TPSA) is 114 Å². The largest absolute Gasteiger partial charge is 0.457 e. The first-order chi connectivity index (χ1) is 16.7. The summed E-state index contributed by atoms with van der Waals surface area (Å²) in [6.07, 6.45) is 7.20. The van der Waals surface area contributed by atoms with Crippen LogP contribution in [0, 0.1) is 0 Å². The number of benzene rings is 1. The molecule has 0 radical (unpaired) electrons. The van der Waals surface area contributed by atoms with E-state index in [1.54, 1.807) is 0 Å². The molecule has 0 bridgehead atoms. The highest BCUT2D eigenvalue weighted by atomic mass is 16.5. The quantitative estimate of drug-likeness (QED) is 0.515. The Kier molecular flexibility index (Phi) is 7.28. The number of carbonyl (C=O) groups excluding carboxylic acids is 1. The third-order valence-electron chi connectivity index (χ3n) is 7.04. The van der Waals surface area contributed by atoms with Gasteiger partial charge in [0.2, 0.25) is 0 Å². The molecule has 2 aliphatic rings. The van der Waals surface area contributed by atoms with Crippen molar-refractivity contribution in [2.24, 2.45) is 0 Å². The highest BCUT2D eigenvalue weighted by molar-refractivity contribution is 5.66. The van der Waals surface area contributed by atoms with Crippen molar-refractivity contribution in [1.29, 1.82) is 0 Å². The molecule has 0 saturated heterocycles. The molecular weight excluding hydrogens is 444 g/mol. The van der Waals surface area contributed by atoms with Crippen LogP contribution >= 0.6 is 0 Å². The third kappa shape index (κ3) is 5.57. The number of carbonyl (C=O) groups is 1. The molecule has 0 aliphatic carbocycles. The first-order valence-electron chi connectivity index (χ1n) is 12.5. The Balaban J connectivity index is 0.000000201. The minimum absolute atomic E-state index is 0.0434. The van der Waals surface area contributed by atoms with E-state index in [4.69, 9.17) is 4.74 Å². The summed E-state index contributed by atoms with van der Waals surface area (Å²) in [5, 5.41) is 24.1. The molecule has 2 aromatic heterocycles. The van der Waals surface area contributed by atoms with E-state index in [-0.39, 0.29) is 29.1 Å². The summed E-state index contributed by atoms with van der Waals surface area (Å²) >= 11 is 0. The minimum atomic E-state index is -0.368. The number of hydrogen-bond donors (Lipinski definition) is 0. The number of ether oxygens (including phenoxy) is 1. The molecule has 2 aliphatic heterocycles. The van der Waals surface area contributed by atoms with Crippen LogP contribution in [0.15, 0.2) is 30.3 Å². The number of fused-ring (bicyclic) bond motifs is 2. The van der Waals surface area contributed by atoms with Gasteiger partial charge in [0.25, 0.3) is 0 Å². The van der Waals surface area contributed by atoms with E-state index in [0.717, 1.165) is 42.9 Å². The van der Waals surface area contributed by atoms with Gasteiger partial charge in [-0.3, -0.25) is 4.79 Å². The third-order valence-corrected chi connectivity index (χ3v) is 7.04. The van der Waals surface area contributed by atoms with Crippen LogP contribution in [0.25, 0.3) is 0 Å². The SMILES string of the molecule is CC(=O)OC(c1ccccc1)C1CCCC(C)(C)n2nnnc21.CC1(C)CCCCc2nnnn21. The maximum Gasteiger partial charge on any atom is 0.303 e. The molecule has 35 heavy (non-hydrogen) atoms. The van der Waals surface area contributed by atoms with Crippen LogP contribution in [0.1, 0.15) is 102 Å². The molecule has 0 spiro atoms. The number of tetrazole rings is 2. The Morgan fingerprint density at radius 1 is 0.943 bits per heavy atom. The Hall–Kier alpha value is -3.17. The predicted octanol–water partition coefficient (Wildman–Crippen LogP) is 4.11. The Bertz CT molecular complexity index is 1120. The van der Waals surface area contributed by atoms with Crippen LogP contribution in [0.4, 0.5) is 0 Å². The molecule has 2 unspecified atom stereocenters. The first-order valence-corrected chi connectivity index (χ1v) is 12.5. The number of hydrogen-bond acceptors (Lipinski definition) is 8. The molecule has 1 aromatic carbocycles. The van der Waals surface area contributed by atoms with E-state index in [0.29, 0.717) is 0 Å². The van der Waals surface area contributed by atoms with Gasteiger partial charge in [0.1, 0.15) is 6.10 Å². The molecule has 10 heteroatoms. The van der Waals surface area contributed by atoms with Crippen molar-refractivity contribution >= 4 is 5.97 Å². The van der Waals surface area contributed by atoms with Crippen molar-refractivity contribution in [3.05, 3.63) is 47.5 Å². The molecule has 3 aromatic rings. The molecule has 0 amide bonds. The summed E-state index contributed by atoms with van der Waals surface area (Å²) < 4.78 is 9.54. The second kappa shape index (κ2) is 10.2. The highest BCUT2D eigenvalue weighted by Crippen LogP contribution is 2.41. The smallest absolute Gasteiger partial charge is 0.303 e. The van der Waals surface area contributed by atoms with Crippen LogP contribution in [0.3, 0.4) is 0 Å². The van der Waals surface area contributed by atoms with Gasteiger partial charge in [0.15, 0.2) is 11.6 Å². The van der Waals surface area contributed by atoms with Crippen molar-refractivity contribution in [2.75, 3.05) is 0 Å². The predicted molar refractivity (Wildman–Crippen MR) is 129 cm³/mol. The van der Waals surface area contributed by atoms with Gasteiger partial charge in [-0.1, -0.05) is 43.2 Å². The fourth-order valence-electron chi connectivity index (χ4n) is 5.12. The summed E-state index contributed by atoms with van der Waals surface area (Å²) in [6.45, 7) is 10.1. The van der Waals surface area contributed by atoms with Gasteiger partial charge < -0.3 is 4.74 Å². The minimum Gasteiger partial charge on any atom is -0.457 e. The van der Waals surface area contributed by atoms with Crippen molar-refractivity contribution in [3.63, 3.8) is 0 Å². The van der Waals surface area contributed by atoms with Gasteiger partial charge in [-0.15, -0.1) is 10.2 Å². The van der Waals surface area contributed by atoms with E-state index < -0.39 is 0 Å². The normalized spacial score (nSPS) is 21.2. The molecule has 2 atom stereocenters. The van der Waals surface area contributed by atoms with Crippen LogP contribution < -0.4 is 0 Å². The molecule has 0 saturated carbocycles. The lowest BCUT2D eigenvalue weighted by Crippen LogP contribution is -2.29. The van der Waals surface area contributed by atoms with Crippen LogP contribution in [-0.2, 0) is 27.0 Å². The summed E-state index contributed by atoms with van der Waals surface area (Å²) in [4.78, 5) is 11.7. The zero-order chi connectivity index (χ0) is 25.1. The van der Waals surface area contributed by atoms with Crippen molar-refractivity contribution < 1.29 is 9.53 Å². The lowest BCUT2D eigenvalue weighted by Gasteiger charge is -2.26. The van der Waals surface area contributed by atoms with Crippen molar-refractivity contribution in [1.82, 2.24) is 40.4 Å². The number of rotatable bonds is 3. The fourth-order valence-corrected chi connectivity index (χ4v) is 5.12. The zero-order valence-electron chi connectivity index (χ0n) is 21.4. The summed E-state index contributed by atoms with van der Waals surface area (Å²) in [6, 6.07) is 9.83. The highest BCUT2D eigenvalue weighted by Gasteiger charge is 2.38. The first kappa shape index (κ1) is 24.9. The van der Waals surface area contributed by atoms with Gasteiger partial charge >= 0.3 is 5.97 Å². The summed E-state index contributed by atoms with van der Waals surface area (Å²) in [5.74, 6) is 1.50. The number of nitrogens with zero attached hydrogens (tertiary/aromatic N) is 8. The Labute approximate surface area is 206 Å². The van der Waals surface area contributed by atoms with E-state index in [2.05, 4.69) is 58.7 Å². The van der Waals surface area contributed by atoms with Gasteiger partial charge in [-0.2, -0.15) is 0 Å². The second-order valence-corrected chi connectivity index (χ2v) is 10.7. The number of aryl methyl sites for hydroxylation is 1. The maximum atomic E-state index is 11.7. The van der Waals surface area contributed by atoms with Crippen LogP contribution in [-0.4, -0.2) is 46.4 Å². The lowest BCUT2D eigenvalue weighted by atomic mass is 9.90. The van der Waals surface area contributed by atoms with Crippen molar-refractivity contribution in [2.45, 2.75) is 103 Å². The molecule has 4 heterocycles. The standard InChI is InChI=1S/C17H22N4O2.C8H14N4/c1-12(22)23-15(13-8-5-4-6-9-13)14-10-7-11-17(2,3)21-16(14)18-19-20-21;1-8(2)6-4-3-5-7-9-10-11-12(7)8/h4-6,8-9,14-15H,7,10-11H2,1-3H3;3-6H2,1-2H3. The maximum absolute atomic E-state index is 11.7.